The molecule has 1 aliphatic heterocycles. The lowest BCUT2D eigenvalue weighted by Crippen LogP contribution is -2.35. The van der Waals surface area contributed by atoms with E-state index in [0.29, 0.717) is 12.4 Å². The Morgan fingerprint density at radius 2 is 2.26 bits per heavy atom. The van der Waals surface area contributed by atoms with E-state index in [1.807, 2.05) is 18.2 Å². The molecule has 0 unspecified atom stereocenters. The van der Waals surface area contributed by atoms with Crippen molar-refractivity contribution in [1.82, 2.24) is 5.16 Å². The van der Waals surface area contributed by atoms with Crippen molar-refractivity contribution in [3.05, 3.63) is 41.7 Å². The highest BCUT2D eigenvalue weighted by Gasteiger charge is 2.26. The zero-order valence-corrected chi connectivity index (χ0v) is 10.6. The van der Waals surface area contributed by atoms with Crippen molar-refractivity contribution < 1.29 is 14.1 Å². The van der Waals surface area contributed by atoms with Crippen LogP contribution in [-0.4, -0.2) is 24.7 Å². The van der Waals surface area contributed by atoms with Gasteiger partial charge in [-0.1, -0.05) is 18.2 Å². The third-order valence-electron chi connectivity index (χ3n) is 3.26. The maximum Gasteiger partial charge on any atom is 0.297 e. The summed E-state index contributed by atoms with van der Waals surface area (Å²) in [5, 5.41) is 3.66. The van der Waals surface area contributed by atoms with E-state index in [2.05, 4.69) is 11.2 Å². The minimum Gasteiger partial charge on any atom is -0.479 e. The van der Waals surface area contributed by atoms with Gasteiger partial charge in [0.1, 0.15) is 0 Å². The van der Waals surface area contributed by atoms with Crippen molar-refractivity contribution in [3.63, 3.8) is 0 Å². The number of hydrogen-bond donors (Lipinski definition) is 0. The highest BCUT2D eigenvalue weighted by atomic mass is 16.5. The van der Waals surface area contributed by atoms with Crippen molar-refractivity contribution in [1.29, 1.82) is 0 Å². The average molecular weight is 258 g/mol. The molecule has 5 heteroatoms. The Hall–Kier alpha value is -2.30. The molecule has 2 aromatic rings. The quantitative estimate of drug-likeness (QED) is 0.829. The molecule has 0 bridgehead atoms. The number of fused-ring (bicyclic) bond motifs is 1. The molecule has 1 aromatic carbocycles. The summed E-state index contributed by atoms with van der Waals surface area (Å²) in [6, 6.07) is 9.45. The van der Waals surface area contributed by atoms with Gasteiger partial charge in [-0.2, -0.15) is 0 Å². The number of benzene rings is 1. The van der Waals surface area contributed by atoms with Crippen LogP contribution in [0.3, 0.4) is 0 Å². The van der Waals surface area contributed by atoms with Crippen LogP contribution in [-0.2, 0) is 6.42 Å². The normalized spacial score (nSPS) is 14.1. The first-order chi connectivity index (χ1) is 9.29. The first kappa shape index (κ1) is 11.8. The van der Waals surface area contributed by atoms with E-state index >= 15 is 0 Å². The molecule has 98 valence electrons. The topological polar surface area (TPSA) is 55.6 Å². The average Bonchev–Trinajstić information content (AvgIpc) is 2.95. The highest BCUT2D eigenvalue weighted by Crippen LogP contribution is 2.28. The van der Waals surface area contributed by atoms with E-state index in [-0.39, 0.29) is 11.7 Å². The molecule has 1 amide bonds. The number of aryl methyl sites for hydroxylation is 1. The fraction of sp³-hybridized carbons (Fsp3) is 0.286. The molecule has 0 fully saturated rings. The van der Waals surface area contributed by atoms with Crippen LogP contribution in [0.2, 0.25) is 0 Å². The molecule has 0 N–H and O–H groups in total. The summed E-state index contributed by atoms with van der Waals surface area (Å²) in [4.78, 5) is 14.2. The van der Waals surface area contributed by atoms with Gasteiger partial charge < -0.3 is 14.2 Å². The monoisotopic (exact) mass is 258 g/mol. The molecule has 0 saturated heterocycles. The van der Waals surface area contributed by atoms with Crippen molar-refractivity contribution in [2.75, 3.05) is 18.6 Å². The van der Waals surface area contributed by atoms with Crippen molar-refractivity contribution in [2.24, 2.45) is 0 Å². The Bertz CT molecular complexity index is 606. The van der Waals surface area contributed by atoms with Crippen LogP contribution in [0, 0.1) is 0 Å². The SMILES string of the molecule is COc1cc(C(=O)N2CCCc3ccccc32)on1. The van der Waals surface area contributed by atoms with Gasteiger partial charge in [-0.3, -0.25) is 4.79 Å². The van der Waals surface area contributed by atoms with E-state index in [1.54, 1.807) is 4.90 Å². The van der Waals surface area contributed by atoms with Gasteiger partial charge in [-0.25, -0.2) is 0 Å². The number of ether oxygens (including phenoxy) is 1. The van der Waals surface area contributed by atoms with E-state index in [0.717, 1.165) is 18.5 Å². The zero-order chi connectivity index (χ0) is 13.2. The molecule has 2 heterocycles. The molecule has 5 nitrogen and oxygen atoms in total. The lowest BCUT2D eigenvalue weighted by atomic mass is 10.0. The van der Waals surface area contributed by atoms with E-state index in [9.17, 15) is 4.79 Å². The summed E-state index contributed by atoms with van der Waals surface area (Å²) < 4.78 is 9.95. The Balaban J connectivity index is 1.93. The lowest BCUT2D eigenvalue weighted by Gasteiger charge is -2.28. The van der Waals surface area contributed by atoms with Crippen molar-refractivity contribution in [3.8, 4) is 5.88 Å². The number of amides is 1. The number of carbonyl (C=O) groups excluding carboxylic acids is 1. The molecule has 0 radical (unpaired) electrons. The summed E-state index contributed by atoms with van der Waals surface area (Å²) in [6.45, 7) is 0.693. The van der Waals surface area contributed by atoms with E-state index in [4.69, 9.17) is 9.26 Å². The molecule has 0 saturated carbocycles. The van der Waals surface area contributed by atoms with Crippen molar-refractivity contribution in [2.45, 2.75) is 12.8 Å². The van der Waals surface area contributed by atoms with Crippen molar-refractivity contribution >= 4 is 11.6 Å². The third kappa shape index (κ3) is 2.07. The second-order valence-electron chi connectivity index (χ2n) is 4.42. The Morgan fingerprint density at radius 1 is 1.42 bits per heavy atom. The smallest absolute Gasteiger partial charge is 0.297 e. The number of nitrogens with zero attached hydrogens (tertiary/aromatic N) is 2. The van der Waals surface area contributed by atoms with Gasteiger partial charge >= 0.3 is 0 Å². The van der Waals surface area contributed by atoms with E-state index in [1.165, 1.54) is 18.7 Å². The van der Waals surface area contributed by atoms with Crippen LogP contribution >= 0.6 is 0 Å². The van der Waals surface area contributed by atoms with Gasteiger partial charge in [0.15, 0.2) is 0 Å². The van der Waals surface area contributed by atoms with Crippen LogP contribution < -0.4 is 9.64 Å². The van der Waals surface area contributed by atoms with Crippen LogP contribution in [0.4, 0.5) is 5.69 Å². The lowest BCUT2D eigenvalue weighted by molar-refractivity contribution is 0.0949. The maximum absolute atomic E-state index is 12.4. The van der Waals surface area contributed by atoms with Crippen LogP contribution in [0.1, 0.15) is 22.5 Å². The number of hydrogen-bond acceptors (Lipinski definition) is 4. The largest absolute Gasteiger partial charge is 0.479 e. The first-order valence-electron chi connectivity index (χ1n) is 6.20. The predicted octanol–water partition coefficient (Wildman–Crippen LogP) is 2.28. The first-order valence-corrected chi connectivity index (χ1v) is 6.20. The van der Waals surface area contributed by atoms with Crippen LogP contribution in [0.15, 0.2) is 34.9 Å². The number of rotatable bonds is 2. The van der Waals surface area contributed by atoms with Gasteiger partial charge in [0.05, 0.1) is 13.2 Å². The second kappa shape index (κ2) is 4.76. The molecule has 0 atom stereocenters. The zero-order valence-electron chi connectivity index (χ0n) is 10.6. The standard InChI is InChI=1S/C14H14N2O3/c1-18-13-9-12(19-15-13)14(17)16-8-4-6-10-5-2-3-7-11(10)16/h2-3,5,7,9H,4,6,8H2,1H3. The summed E-state index contributed by atoms with van der Waals surface area (Å²) >= 11 is 0. The minimum absolute atomic E-state index is 0.178. The minimum atomic E-state index is -0.178. The summed E-state index contributed by atoms with van der Waals surface area (Å²) in [7, 11) is 1.49. The summed E-state index contributed by atoms with van der Waals surface area (Å²) in [5.74, 6) is 0.338. The molecule has 0 spiro atoms. The summed E-state index contributed by atoms with van der Waals surface area (Å²) in [6.07, 6.45) is 1.95. The molecule has 1 aliphatic rings. The summed E-state index contributed by atoms with van der Waals surface area (Å²) in [5.41, 5.74) is 2.14. The second-order valence-corrected chi connectivity index (χ2v) is 4.42. The van der Waals surface area contributed by atoms with Gasteiger partial charge in [-0.15, -0.1) is 0 Å². The Kier molecular flexibility index (Phi) is 2.95. The van der Waals surface area contributed by atoms with Crippen LogP contribution in [0.5, 0.6) is 5.88 Å². The van der Waals surface area contributed by atoms with E-state index < -0.39 is 0 Å². The van der Waals surface area contributed by atoms with Gasteiger partial charge in [0.25, 0.3) is 11.8 Å². The number of methoxy groups -OCH3 is 1. The molecular weight excluding hydrogens is 244 g/mol. The third-order valence-corrected chi connectivity index (χ3v) is 3.26. The maximum atomic E-state index is 12.4. The molecule has 3 rings (SSSR count). The number of anilines is 1. The fourth-order valence-electron chi connectivity index (χ4n) is 2.33. The molecule has 19 heavy (non-hydrogen) atoms. The van der Waals surface area contributed by atoms with Gasteiger partial charge in [-0.05, 0) is 29.6 Å². The Morgan fingerprint density at radius 3 is 3.05 bits per heavy atom. The number of carbonyl (C=O) groups is 1. The van der Waals surface area contributed by atoms with Crippen LogP contribution in [0.25, 0.3) is 0 Å². The number of para-hydroxylation sites is 1. The van der Waals surface area contributed by atoms with Gasteiger partial charge in [0.2, 0.25) is 5.76 Å². The fourth-order valence-corrected chi connectivity index (χ4v) is 2.33. The van der Waals surface area contributed by atoms with Gasteiger partial charge in [0, 0.05) is 12.2 Å². The molecule has 1 aromatic heterocycles. The number of aromatic nitrogens is 1. The highest BCUT2D eigenvalue weighted by molar-refractivity contribution is 6.05. The molecule has 0 aliphatic carbocycles. The molecular formula is C14H14N2O3. The predicted molar refractivity (Wildman–Crippen MR) is 69.5 cm³/mol. The Labute approximate surface area is 110 Å².